The number of hydrogen-bond donors (Lipinski definition) is 1. The van der Waals surface area contributed by atoms with Gasteiger partial charge in [0.25, 0.3) is 0 Å². The largest absolute Gasteiger partial charge is 0.467 e. The molecule has 0 saturated carbocycles. The highest BCUT2D eigenvalue weighted by molar-refractivity contribution is 5.85. The molecule has 1 unspecified atom stereocenters. The van der Waals surface area contributed by atoms with E-state index in [1.165, 1.54) is 7.11 Å². The van der Waals surface area contributed by atoms with Crippen LogP contribution in [-0.2, 0) is 14.3 Å². The zero-order valence-electron chi connectivity index (χ0n) is 9.99. The monoisotopic (exact) mass is 228 g/mol. The summed E-state index contributed by atoms with van der Waals surface area (Å²) in [6.07, 6.45) is 2.65. The van der Waals surface area contributed by atoms with Crippen molar-refractivity contribution in [2.45, 2.75) is 32.2 Å². The molecular weight excluding hydrogens is 208 g/mol. The van der Waals surface area contributed by atoms with Crippen LogP contribution in [0.25, 0.3) is 0 Å². The van der Waals surface area contributed by atoms with Crippen LogP contribution in [0.3, 0.4) is 0 Å². The molecule has 1 saturated heterocycles. The van der Waals surface area contributed by atoms with Crippen LogP contribution in [0.4, 0.5) is 0 Å². The lowest BCUT2D eigenvalue weighted by atomic mass is 10.0. The molecule has 1 N–H and O–H groups in total. The molecule has 0 aromatic carbocycles. The molecule has 16 heavy (non-hydrogen) atoms. The fourth-order valence-electron chi connectivity index (χ4n) is 1.94. The Balaban J connectivity index is 2.59. The molecule has 5 nitrogen and oxygen atoms in total. The van der Waals surface area contributed by atoms with Gasteiger partial charge in [-0.1, -0.05) is 6.92 Å². The number of piperidine rings is 1. The predicted molar refractivity (Wildman–Crippen MR) is 59.9 cm³/mol. The van der Waals surface area contributed by atoms with Crippen molar-refractivity contribution in [1.29, 1.82) is 0 Å². The number of amides is 1. The summed E-state index contributed by atoms with van der Waals surface area (Å²) >= 11 is 0. The molecule has 1 fully saturated rings. The second-order valence-corrected chi connectivity index (χ2v) is 3.90. The van der Waals surface area contributed by atoms with Gasteiger partial charge in [-0.05, 0) is 25.8 Å². The van der Waals surface area contributed by atoms with E-state index >= 15 is 0 Å². The summed E-state index contributed by atoms with van der Waals surface area (Å²) in [5, 5.41) is 2.98. The van der Waals surface area contributed by atoms with Gasteiger partial charge in [-0.25, -0.2) is 4.79 Å². The summed E-state index contributed by atoms with van der Waals surface area (Å²) in [5.74, 6) is -0.318. The van der Waals surface area contributed by atoms with Crippen molar-refractivity contribution in [2.75, 3.05) is 26.7 Å². The summed E-state index contributed by atoms with van der Waals surface area (Å²) in [7, 11) is 1.36. The summed E-state index contributed by atoms with van der Waals surface area (Å²) < 4.78 is 4.72. The molecule has 5 heteroatoms. The molecule has 1 aliphatic heterocycles. The van der Waals surface area contributed by atoms with Crippen molar-refractivity contribution in [3.63, 3.8) is 0 Å². The maximum Gasteiger partial charge on any atom is 0.328 e. The Morgan fingerprint density at radius 3 is 2.81 bits per heavy atom. The number of methoxy groups -OCH3 is 1. The molecule has 1 rings (SSSR count). The zero-order chi connectivity index (χ0) is 12.0. The number of esters is 1. The molecule has 1 heterocycles. The third-order valence-electron chi connectivity index (χ3n) is 2.82. The molecule has 0 aromatic rings. The molecule has 0 spiro atoms. The molecule has 0 radical (unpaired) electrons. The van der Waals surface area contributed by atoms with Crippen LogP contribution in [-0.4, -0.2) is 49.6 Å². The summed E-state index contributed by atoms with van der Waals surface area (Å²) in [6, 6.07) is -0.384. The third-order valence-corrected chi connectivity index (χ3v) is 2.82. The number of carbonyl (C=O) groups is 2. The van der Waals surface area contributed by atoms with Crippen molar-refractivity contribution < 1.29 is 14.3 Å². The molecule has 1 aliphatic rings. The minimum atomic E-state index is -0.384. The molecule has 92 valence electrons. The van der Waals surface area contributed by atoms with Gasteiger partial charge >= 0.3 is 5.97 Å². The van der Waals surface area contributed by atoms with Gasteiger partial charge in [0, 0.05) is 6.54 Å². The first-order valence-corrected chi connectivity index (χ1v) is 5.78. The van der Waals surface area contributed by atoms with Crippen LogP contribution < -0.4 is 5.32 Å². The first kappa shape index (κ1) is 13.0. The zero-order valence-corrected chi connectivity index (χ0v) is 9.99. The molecule has 1 amide bonds. The lowest BCUT2D eigenvalue weighted by Crippen LogP contribution is -2.51. The third kappa shape index (κ3) is 3.20. The number of carbonyl (C=O) groups excluding carboxylic acids is 2. The highest BCUT2D eigenvalue weighted by Gasteiger charge is 2.32. The van der Waals surface area contributed by atoms with Crippen LogP contribution in [0.2, 0.25) is 0 Å². The number of likely N-dealkylation sites (tertiary alicyclic amines) is 1. The lowest BCUT2D eigenvalue weighted by Gasteiger charge is -2.33. The number of likely N-dealkylation sites (N-methyl/N-ethyl adjacent to an activating group) is 1. The van der Waals surface area contributed by atoms with Crippen molar-refractivity contribution >= 4 is 11.9 Å². The van der Waals surface area contributed by atoms with E-state index in [0.29, 0.717) is 19.5 Å². The summed E-state index contributed by atoms with van der Waals surface area (Å²) in [4.78, 5) is 25.0. The number of nitrogens with zero attached hydrogens (tertiary/aromatic N) is 1. The van der Waals surface area contributed by atoms with E-state index in [1.807, 2.05) is 6.92 Å². The van der Waals surface area contributed by atoms with Crippen molar-refractivity contribution in [3.8, 4) is 0 Å². The average Bonchev–Trinajstić information content (AvgIpc) is 2.35. The Morgan fingerprint density at radius 1 is 1.44 bits per heavy atom. The van der Waals surface area contributed by atoms with E-state index < -0.39 is 0 Å². The fourth-order valence-corrected chi connectivity index (χ4v) is 1.94. The molecular formula is C11H20N2O3. The van der Waals surface area contributed by atoms with E-state index in [9.17, 15) is 9.59 Å². The van der Waals surface area contributed by atoms with Crippen LogP contribution in [0, 0.1) is 0 Å². The molecule has 0 aromatic heterocycles. The SMILES string of the molecule is CCNCC(=O)N1CCCCC1C(=O)OC. The lowest BCUT2D eigenvalue weighted by molar-refractivity contribution is -0.154. The van der Waals surface area contributed by atoms with E-state index in [4.69, 9.17) is 4.74 Å². The second-order valence-electron chi connectivity index (χ2n) is 3.90. The van der Waals surface area contributed by atoms with Crippen molar-refractivity contribution in [3.05, 3.63) is 0 Å². The standard InChI is InChI=1S/C11H20N2O3/c1-3-12-8-10(14)13-7-5-4-6-9(13)11(15)16-2/h9,12H,3-8H2,1-2H3. The Morgan fingerprint density at radius 2 is 2.19 bits per heavy atom. The maximum atomic E-state index is 11.8. The first-order chi connectivity index (χ1) is 7.70. The Kier molecular flexibility index (Phi) is 5.25. The van der Waals surface area contributed by atoms with Gasteiger partial charge in [-0.15, -0.1) is 0 Å². The minimum absolute atomic E-state index is 0.0167. The number of hydrogen-bond acceptors (Lipinski definition) is 4. The van der Waals surface area contributed by atoms with E-state index in [2.05, 4.69) is 5.32 Å². The minimum Gasteiger partial charge on any atom is -0.467 e. The molecule has 0 bridgehead atoms. The Hall–Kier alpha value is -1.10. The van der Waals surface area contributed by atoms with Gasteiger partial charge in [0.05, 0.1) is 13.7 Å². The number of rotatable bonds is 4. The Labute approximate surface area is 96.1 Å². The van der Waals surface area contributed by atoms with Gasteiger partial charge in [0.15, 0.2) is 0 Å². The normalized spacial score (nSPS) is 20.6. The van der Waals surface area contributed by atoms with Gasteiger partial charge in [0.2, 0.25) is 5.91 Å². The van der Waals surface area contributed by atoms with Crippen LogP contribution in [0.5, 0.6) is 0 Å². The summed E-state index contributed by atoms with van der Waals surface area (Å²) in [6.45, 7) is 3.65. The second kappa shape index (κ2) is 6.48. The molecule has 1 atom stereocenters. The van der Waals surface area contributed by atoms with Gasteiger partial charge in [-0.2, -0.15) is 0 Å². The fraction of sp³-hybridized carbons (Fsp3) is 0.818. The topological polar surface area (TPSA) is 58.6 Å². The maximum absolute atomic E-state index is 11.8. The van der Waals surface area contributed by atoms with Crippen molar-refractivity contribution in [1.82, 2.24) is 10.2 Å². The number of ether oxygens (including phenoxy) is 1. The predicted octanol–water partition coefficient (Wildman–Crippen LogP) is 0.150. The van der Waals surface area contributed by atoms with Gasteiger partial charge in [0.1, 0.15) is 6.04 Å². The van der Waals surface area contributed by atoms with Crippen LogP contribution >= 0.6 is 0 Å². The smallest absolute Gasteiger partial charge is 0.328 e. The van der Waals surface area contributed by atoms with E-state index in [0.717, 1.165) is 19.4 Å². The van der Waals surface area contributed by atoms with Crippen molar-refractivity contribution in [2.24, 2.45) is 0 Å². The van der Waals surface area contributed by atoms with E-state index in [-0.39, 0.29) is 17.9 Å². The molecule has 0 aliphatic carbocycles. The quantitative estimate of drug-likeness (QED) is 0.696. The Bertz CT molecular complexity index is 256. The van der Waals surface area contributed by atoms with Gasteiger partial charge in [-0.3, -0.25) is 4.79 Å². The number of nitrogens with one attached hydrogen (secondary N) is 1. The van der Waals surface area contributed by atoms with E-state index in [1.54, 1.807) is 4.90 Å². The highest BCUT2D eigenvalue weighted by atomic mass is 16.5. The first-order valence-electron chi connectivity index (χ1n) is 5.78. The van der Waals surface area contributed by atoms with Gasteiger partial charge < -0.3 is 15.0 Å². The van der Waals surface area contributed by atoms with Crippen LogP contribution in [0.15, 0.2) is 0 Å². The van der Waals surface area contributed by atoms with Crippen LogP contribution in [0.1, 0.15) is 26.2 Å². The average molecular weight is 228 g/mol. The summed E-state index contributed by atoms with van der Waals surface area (Å²) in [5.41, 5.74) is 0. The highest BCUT2D eigenvalue weighted by Crippen LogP contribution is 2.17.